The predicted octanol–water partition coefficient (Wildman–Crippen LogP) is 2.46. The van der Waals surface area contributed by atoms with Gasteiger partial charge in [-0.3, -0.25) is 4.99 Å². The minimum Gasteiger partial charge on any atom is -0.357 e. The number of nitrogens with zero attached hydrogens (tertiary/aromatic N) is 2. The molecule has 5 heteroatoms. The summed E-state index contributed by atoms with van der Waals surface area (Å²) in [4.78, 5) is 10.3. The molecule has 0 atom stereocenters. The molecule has 1 heterocycles. The largest absolute Gasteiger partial charge is 0.357 e. The SMILES string of the molecule is CCNC(=NCC(C)C)NCCc1ncc(CC)s1. The maximum Gasteiger partial charge on any atom is 0.191 e. The van der Waals surface area contributed by atoms with Crippen molar-refractivity contribution in [3.05, 3.63) is 16.1 Å². The van der Waals surface area contributed by atoms with Crippen molar-refractivity contribution in [2.75, 3.05) is 19.6 Å². The van der Waals surface area contributed by atoms with Gasteiger partial charge in [0.25, 0.3) is 0 Å². The van der Waals surface area contributed by atoms with Crippen LogP contribution in [0, 0.1) is 5.92 Å². The third-order valence-corrected chi connectivity index (χ3v) is 3.74. The Balaban J connectivity index is 2.37. The number of aromatic nitrogens is 1. The monoisotopic (exact) mass is 282 g/mol. The average molecular weight is 282 g/mol. The maximum atomic E-state index is 4.54. The van der Waals surface area contributed by atoms with E-state index in [4.69, 9.17) is 0 Å². The molecule has 0 aliphatic carbocycles. The molecule has 108 valence electrons. The van der Waals surface area contributed by atoms with E-state index in [1.54, 1.807) is 11.3 Å². The van der Waals surface area contributed by atoms with Crippen molar-refractivity contribution in [2.24, 2.45) is 10.9 Å². The maximum absolute atomic E-state index is 4.54. The van der Waals surface area contributed by atoms with Crippen LogP contribution >= 0.6 is 11.3 Å². The van der Waals surface area contributed by atoms with Gasteiger partial charge in [-0.05, 0) is 19.3 Å². The number of hydrogen-bond acceptors (Lipinski definition) is 3. The first-order valence-electron chi connectivity index (χ1n) is 7.11. The average Bonchev–Trinajstić information content (AvgIpc) is 2.84. The van der Waals surface area contributed by atoms with Crippen molar-refractivity contribution in [3.63, 3.8) is 0 Å². The second-order valence-electron chi connectivity index (χ2n) is 4.86. The van der Waals surface area contributed by atoms with Gasteiger partial charge in [-0.15, -0.1) is 11.3 Å². The van der Waals surface area contributed by atoms with Gasteiger partial charge in [0.1, 0.15) is 0 Å². The Kier molecular flexibility index (Phi) is 7.48. The molecule has 0 spiro atoms. The molecule has 0 saturated heterocycles. The van der Waals surface area contributed by atoms with Crippen LogP contribution in [0.2, 0.25) is 0 Å². The van der Waals surface area contributed by atoms with Crippen LogP contribution in [0.3, 0.4) is 0 Å². The smallest absolute Gasteiger partial charge is 0.191 e. The molecule has 1 aromatic rings. The van der Waals surface area contributed by atoms with E-state index in [-0.39, 0.29) is 0 Å². The summed E-state index contributed by atoms with van der Waals surface area (Å²) < 4.78 is 0. The summed E-state index contributed by atoms with van der Waals surface area (Å²) in [6.45, 7) is 11.2. The second-order valence-corrected chi connectivity index (χ2v) is 6.06. The molecule has 2 N–H and O–H groups in total. The lowest BCUT2D eigenvalue weighted by molar-refractivity contribution is 0.656. The van der Waals surface area contributed by atoms with Crippen molar-refractivity contribution in [1.29, 1.82) is 0 Å². The molecule has 1 rings (SSSR count). The number of hydrogen-bond donors (Lipinski definition) is 2. The van der Waals surface area contributed by atoms with Crippen molar-refractivity contribution < 1.29 is 0 Å². The molecular formula is C14H26N4S. The Labute approximate surface area is 120 Å². The normalized spacial score (nSPS) is 11.9. The molecule has 0 aliphatic rings. The van der Waals surface area contributed by atoms with E-state index in [2.05, 4.69) is 48.3 Å². The zero-order valence-electron chi connectivity index (χ0n) is 12.5. The second kappa shape index (κ2) is 8.91. The topological polar surface area (TPSA) is 49.3 Å². The molecule has 0 amide bonds. The number of nitrogens with one attached hydrogen (secondary N) is 2. The summed E-state index contributed by atoms with van der Waals surface area (Å²) in [6.07, 6.45) is 4.01. The highest BCUT2D eigenvalue weighted by Crippen LogP contribution is 2.13. The highest BCUT2D eigenvalue weighted by molar-refractivity contribution is 7.11. The van der Waals surface area contributed by atoms with E-state index in [9.17, 15) is 0 Å². The van der Waals surface area contributed by atoms with Gasteiger partial charge >= 0.3 is 0 Å². The Morgan fingerprint density at radius 3 is 2.74 bits per heavy atom. The third kappa shape index (κ3) is 6.57. The van der Waals surface area contributed by atoms with Gasteiger partial charge in [0.05, 0.1) is 5.01 Å². The highest BCUT2D eigenvalue weighted by atomic mass is 32.1. The molecule has 0 aliphatic heterocycles. The quantitative estimate of drug-likeness (QED) is 0.596. The van der Waals surface area contributed by atoms with E-state index in [0.29, 0.717) is 5.92 Å². The summed E-state index contributed by atoms with van der Waals surface area (Å²) >= 11 is 1.80. The summed E-state index contributed by atoms with van der Waals surface area (Å²) in [5, 5.41) is 7.82. The molecule has 1 aromatic heterocycles. The van der Waals surface area contributed by atoms with Crippen LogP contribution in [0.15, 0.2) is 11.2 Å². The van der Waals surface area contributed by atoms with Crippen LogP contribution < -0.4 is 10.6 Å². The number of thiazole rings is 1. The minimum atomic E-state index is 0.585. The van der Waals surface area contributed by atoms with Crippen LogP contribution in [0.4, 0.5) is 0 Å². The fourth-order valence-corrected chi connectivity index (χ4v) is 2.39. The first-order valence-corrected chi connectivity index (χ1v) is 7.93. The minimum absolute atomic E-state index is 0.585. The van der Waals surface area contributed by atoms with Crippen LogP contribution in [0.1, 0.15) is 37.6 Å². The van der Waals surface area contributed by atoms with E-state index < -0.39 is 0 Å². The summed E-state index contributed by atoms with van der Waals surface area (Å²) in [7, 11) is 0. The van der Waals surface area contributed by atoms with E-state index >= 15 is 0 Å². The fraction of sp³-hybridized carbons (Fsp3) is 0.714. The Morgan fingerprint density at radius 1 is 1.37 bits per heavy atom. The Bertz CT molecular complexity index is 385. The molecule has 0 fully saturated rings. The number of aliphatic imine (C=N–C) groups is 1. The molecule has 0 aromatic carbocycles. The van der Waals surface area contributed by atoms with Gasteiger partial charge in [0, 0.05) is 37.1 Å². The number of guanidine groups is 1. The third-order valence-electron chi connectivity index (χ3n) is 2.54. The van der Waals surface area contributed by atoms with Crippen molar-refractivity contribution in [3.8, 4) is 0 Å². The van der Waals surface area contributed by atoms with Gasteiger partial charge < -0.3 is 10.6 Å². The van der Waals surface area contributed by atoms with E-state index in [1.807, 2.05) is 6.20 Å². The van der Waals surface area contributed by atoms with Crippen molar-refractivity contribution in [2.45, 2.75) is 40.5 Å². The van der Waals surface area contributed by atoms with Gasteiger partial charge in [0.15, 0.2) is 5.96 Å². The first-order chi connectivity index (χ1) is 9.15. The lowest BCUT2D eigenvalue weighted by Crippen LogP contribution is -2.38. The predicted molar refractivity (Wildman–Crippen MR) is 84.0 cm³/mol. The summed E-state index contributed by atoms with van der Waals surface area (Å²) in [5.41, 5.74) is 0. The Hall–Kier alpha value is -1.10. The lowest BCUT2D eigenvalue weighted by atomic mass is 10.2. The van der Waals surface area contributed by atoms with E-state index in [1.165, 1.54) is 9.88 Å². The standard InChI is InChI=1S/C14H26N4S/c1-5-12-10-17-13(19-12)7-8-16-14(15-6-2)18-9-11(3)4/h10-11H,5-9H2,1-4H3,(H2,15,16,18). The van der Waals surface area contributed by atoms with Gasteiger partial charge in [0.2, 0.25) is 0 Å². The van der Waals surface area contributed by atoms with E-state index in [0.717, 1.165) is 38.4 Å². The van der Waals surface area contributed by atoms with Gasteiger partial charge in [-0.25, -0.2) is 4.98 Å². The van der Waals surface area contributed by atoms with Crippen molar-refractivity contribution in [1.82, 2.24) is 15.6 Å². The molecule has 0 bridgehead atoms. The lowest BCUT2D eigenvalue weighted by Gasteiger charge is -2.11. The number of aryl methyl sites for hydroxylation is 1. The molecule has 19 heavy (non-hydrogen) atoms. The molecule has 0 saturated carbocycles. The molecule has 0 unspecified atom stereocenters. The zero-order valence-corrected chi connectivity index (χ0v) is 13.3. The van der Waals surface area contributed by atoms with Crippen LogP contribution in [0.25, 0.3) is 0 Å². The van der Waals surface area contributed by atoms with Gasteiger partial charge in [-0.2, -0.15) is 0 Å². The number of rotatable bonds is 7. The molecular weight excluding hydrogens is 256 g/mol. The zero-order chi connectivity index (χ0) is 14.1. The first kappa shape index (κ1) is 16.0. The highest BCUT2D eigenvalue weighted by Gasteiger charge is 2.02. The van der Waals surface area contributed by atoms with Crippen LogP contribution in [-0.2, 0) is 12.8 Å². The van der Waals surface area contributed by atoms with Gasteiger partial charge in [-0.1, -0.05) is 20.8 Å². The van der Waals surface area contributed by atoms with Crippen LogP contribution in [-0.4, -0.2) is 30.6 Å². The summed E-state index contributed by atoms with van der Waals surface area (Å²) in [5.74, 6) is 1.49. The van der Waals surface area contributed by atoms with Crippen molar-refractivity contribution >= 4 is 17.3 Å². The van der Waals surface area contributed by atoms with Crippen LogP contribution in [0.5, 0.6) is 0 Å². The fourth-order valence-electron chi connectivity index (χ4n) is 1.53. The summed E-state index contributed by atoms with van der Waals surface area (Å²) in [6, 6.07) is 0. The molecule has 0 radical (unpaired) electrons. The Morgan fingerprint density at radius 2 is 2.16 bits per heavy atom. The molecule has 4 nitrogen and oxygen atoms in total.